The highest BCUT2D eigenvalue weighted by atomic mass is 27.2. The topological polar surface area (TPSA) is 38.7 Å². The fourth-order valence-electron chi connectivity index (χ4n) is 4.18. The minimum atomic E-state index is -1.96. The van der Waals surface area contributed by atoms with Crippen molar-refractivity contribution in [2.24, 2.45) is 0 Å². The van der Waals surface area contributed by atoms with Gasteiger partial charge >= 0.3 is 14.1 Å². The van der Waals surface area contributed by atoms with Crippen LogP contribution in [0.1, 0.15) is 0 Å². The average molecular weight is 411 g/mol. The average Bonchev–Trinajstić information content (AvgIpc) is 2.84. The van der Waals surface area contributed by atoms with E-state index >= 15 is 0 Å². The smallest absolute Gasteiger partial charge is 0.270 e. The van der Waals surface area contributed by atoms with Gasteiger partial charge in [0.05, 0.1) is 16.6 Å². The maximum absolute atomic E-state index is 5.07. The van der Waals surface area contributed by atoms with Crippen LogP contribution in [0.2, 0.25) is 0 Å². The predicted molar refractivity (Wildman–Crippen MR) is 130 cm³/mol. The van der Waals surface area contributed by atoms with E-state index in [0.717, 1.165) is 46.4 Å². The zero-order valence-corrected chi connectivity index (χ0v) is 18.0. The largest absolute Gasteiger partial charge is 0.466 e. The first-order chi connectivity index (χ1) is 15.3. The van der Waals surface area contributed by atoms with E-state index in [1.54, 1.807) is 0 Å². The molecule has 3 nitrogen and oxygen atoms in total. The fraction of sp³-hybridized carbons (Fsp3) is 0. The van der Waals surface area contributed by atoms with Gasteiger partial charge in [0.15, 0.2) is 0 Å². The summed E-state index contributed by atoms with van der Waals surface area (Å²) in [6.45, 7) is 0. The number of para-hydroxylation sites is 3. The summed E-state index contributed by atoms with van der Waals surface area (Å²) in [6.07, 6.45) is 0. The summed E-state index contributed by atoms with van der Waals surface area (Å²) in [5.74, 6) is 0. The van der Waals surface area contributed by atoms with Crippen LogP contribution < -0.4 is 13.7 Å². The molecule has 31 heavy (non-hydrogen) atoms. The van der Waals surface area contributed by atoms with Crippen LogP contribution in [0.3, 0.4) is 0 Å². The minimum absolute atomic E-state index is 1.01. The molecule has 0 spiro atoms. The van der Waals surface area contributed by atoms with Crippen LogP contribution in [-0.2, 0) is 0 Å². The second-order valence-electron chi connectivity index (χ2n) is 7.72. The molecule has 0 bridgehead atoms. The van der Waals surface area contributed by atoms with Crippen molar-refractivity contribution in [2.75, 3.05) is 0 Å². The summed E-state index contributed by atoms with van der Waals surface area (Å²) < 4.78 is 3.26. The zero-order valence-electron chi connectivity index (χ0n) is 16.8. The first kappa shape index (κ1) is 18.2. The summed E-state index contributed by atoms with van der Waals surface area (Å²) in [4.78, 5) is 15.2. The van der Waals surface area contributed by atoms with Gasteiger partial charge in [-0.2, -0.15) is 0 Å². The molecule has 4 heteroatoms. The van der Waals surface area contributed by atoms with Crippen molar-refractivity contribution < 1.29 is 0 Å². The van der Waals surface area contributed by atoms with Gasteiger partial charge in [-0.25, -0.2) is 0 Å². The number of aromatic nitrogens is 3. The lowest BCUT2D eigenvalue weighted by Crippen LogP contribution is -2.55. The highest BCUT2D eigenvalue weighted by Crippen LogP contribution is 2.12. The molecule has 0 unspecified atom stereocenters. The second-order valence-corrected chi connectivity index (χ2v) is 10.4. The Balaban J connectivity index is 1.59. The van der Waals surface area contributed by atoms with E-state index in [9.17, 15) is 0 Å². The third-order valence-corrected chi connectivity index (χ3v) is 8.49. The Bertz CT molecular complexity index is 1370. The number of benzene rings is 3. The van der Waals surface area contributed by atoms with E-state index in [-0.39, 0.29) is 0 Å². The minimum Gasteiger partial charge on any atom is -0.270 e. The third kappa shape index (κ3) is 3.37. The molecule has 6 rings (SSSR count). The van der Waals surface area contributed by atoms with Gasteiger partial charge in [-0.1, -0.05) is 91.0 Å². The Morgan fingerprint density at radius 2 is 0.677 bits per heavy atom. The lowest BCUT2D eigenvalue weighted by molar-refractivity contribution is 1.41. The van der Waals surface area contributed by atoms with Crippen molar-refractivity contribution in [1.29, 1.82) is 0 Å². The highest BCUT2D eigenvalue weighted by Gasteiger charge is 2.31. The number of fused-ring (bicyclic) bond motifs is 3. The zero-order chi connectivity index (χ0) is 20.6. The van der Waals surface area contributed by atoms with Crippen molar-refractivity contribution in [3.8, 4) is 0 Å². The van der Waals surface area contributed by atoms with E-state index in [4.69, 9.17) is 15.0 Å². The van der Waals surface area contributed by atoms with Gasteiger partial charge in [-0.3, -0.25) is 15.0 Å². The normalized spacial score (nSPS) is 11.2. The molecule has 0 radical (unpaired) electrons. The van der Waals surface area contributed by atoms with Crippen LogP contribution in [0.5, 0.6) is 0 Å². The molecule has 0 aliphatic rings. The van der Waals surface area contributed by atoms with Crippen LogP contribution in [0.15, 0.2) is 109 Å². The Labute approximate surface area is 184 Å². The van der Waals surface area contributed by atoms with Crippen molar-refractivity contribution >= 4 is 60.5 Å². The first-order valence-corrected chi connectivity index (χ1v) is 12.2. The number of hydrogen-bond donors (Lipinski definition) is 0. The van der Waals surface area contributed by atoms with E-state index in [0.29, 0.717) is 0 Å². The van der Waals surface area contributed by atoms with Crippen LogP contribution in [0, 0.1) is 0 Å². The van der Waals surface area contributed by atoms with E-state index in [1.165, 1.54) is 0 Å². The van der Waals surface area contributed by atoms with Gasteiger partial charge in [0.2, 0.25) is 0 Å². The molecule has 0 fully saturated rings. The summed E-state index contributed by atoms with van der Waals surface area (Å²) in [7, 11) is 0. The lowest BCUT2D eigenvalue weighted by atomic mass is 10.2. The molecule has 0 saturated carbocycles. The summed E-state index contributed by atoms with van der Waals surface area (Å²) in [5.41, 5.74) is 3.04. The molecule has 3 heterocycles. The van der Waals surface area contributed by atoms with E-state index < -0.39 is 14.1 Å². The Hall–Kier alpha value is -3.58. The quantitative estimate of drug-likeness (QED) is 0.415. The summed E-state index contributed by atoms with van der Waals surface area (Å²) in [5, 5.41) is 3.45. The van der Waals surface area contributed by atoms with Gasteiger partial charge in [0.1, 0.15) is 0 Å². The van der Waals surface area contributed by atoms with Gasteiger partial charge in [-0.05, 0) is 31.9 Å². The SMILES string of the molecule is c1ccc2n[c]([Al]([c]3ccc4ccccc4n3)[c]3ccc4ccccc4n3)ccc2c1. The van der Waals surface area contributed by atoms with Crippen LogP contribution in [0.25, 0.3) is 32.7 Å². The molecule has 0 amide bonds. The number of nitrogens with zero attached hydrogens (tertiary/aromatic N) is 3. The number of hydrogen-bond acceptors (Lipinski definition) is 3. The highest BCUT2D eigenvalue weighted by molar-refractivity contribution is 6.94. The molecule has 0 N–H and O–H groups in total. The first-order valence-electron chi connectivity index (χ1n) is 10.4. The molecule has 0 aliphatic carbocycles. The maximum atomic E-state index is 5.07. The predicted octanol–water partition coefficient (Wildman–Crippen LogP) is 3.85. The lowest BCUT2D eigenvalue weighted by Gasteiger charge is -2.13. The van der Waals surface area contributed by atoms with Crippen molar-refractivity contribution in [2.45, 2.75) is 0 Å². The standard InChI is InChI=1S/3C9H6N.Al/c3*1-2-6-9-8(4-1)5-3-7-10-9;/h3*1-6H;. The molecule has 3 aromatic heterocycles. The van der Waals surface area contributed by atoms with Crippen molar-refractivity contribution in [1.82, 2.24) is 15.0 Å². The van der Waals surface area contributed by atoms with Crippen LogP contribution >= 0.6 is 0 Å². The molecule has 0 saturated heterocycles. The fourth-order valence-corrected chi connectivity index (χ4v) is 6.76. The van der Waals surface area contributed by atoms with Gasteiger partial charge < -0.3 is 0 Å². The van der Waals surface area contributed by atoms with Gasteiger partial charge in [0, 0.05) is 16.2 Å². The second kappa shape index (κ2) is 7.59. The Kier molecular flexibility index (Phi) is 4.46. The van der Waals surface area contributed by atoms with Crippen LogP contribution in [-0.4, -0.2) is 29.1 Å². The van der Waals surface area contributed by atoms with E-state index in [1.807, 2.05) is 36.4 Å². The molecule has 144 valence electrons. The number of pyridine rings is 3. The maximum Gasteiger partial charge on any atom is 0.466 e. The Morgan fingerprint density at radius 1 is 0.355 bits per heavy atom. The van der Waals surface area contributed by atoms with Crippen molar-refractivity contribution in [3.63, 3.8) is 0 Å². The summed E-state index contributed by atoms with van der Waals surface area (Å²) in [6, 6.07) is 37.8. The molecule has 3 aromatic carbocycles. The van der Waals surface area contributed by atoms with Crippen LogP contribution in [0.4, 0.5) is 0 Å². The third-order valence-electron chi connectivity index (χ3n) is 5.75. The summed E-state index contributed by atoms with van der Waals surface area (Å²) >= 11 is -1.96. The monoisotopic (exact) mass is 411 g/mol. The van der Waals surface area contributed by atoms with Crippen molar-refractivity contribution in [3.05, 3.63) is 109 Å². The number of rotatable bonds is 3. The Morgan fingerprint density at radius 3 is 1.03 bits per heavy atom. The molecule has 0 aliphatic heterocycles. The molecule has 6 aromatic rings. The molecular formula is C27H18AlN3. The van der Waals surface area contributed by atoms with Gasteiger partial charge in [-0.15, -0.1) is 0 Å². The molecular weight excluding hydrogens is 393 g/mol. The molecule has 0 atom stereocenters. The van der Waals surface area contributed by atoms with E-state index in [2.05, 4.69) is 72.8 Å². The van der Waals surface area contributed by atoms with Gasteiger partial charge in [0.25, 0.3) is 0 Å².